The Morgan fingerprint density at radius 2 is 2.26 bits per heavy atom. The van der Waals surface area contributed by atoms with Crippen molar-refractivity contribution < 1.29 is 0 Å². The van der Waals surface area contributed by atoms with Crippen LogP contribution in [0.2, 0.25) is 0 Å². The molecule has 1 heterocycles. The highest BCUT2D eigenvalue weighted by Gasteiger charge is 2.30. The Hall–Kier alpha value is -0.670. The molecule has 4 heteroatoms. The van der Waals surface area contributed by atoms with Crippen LogP contribution in [0.25, 0.3) is 11.0 Å². The average Bonchev–Trinajstić information content (AvgIpc) is 3.01. The largest absolute Gasteiger partial charge is 0.323 e. The molecule has 0 aliphatic heterocycles. The molecule has 1 saturated carbocycles. The van der Waals surface area contributed by atoms with Crippen LogP contribution in [-0.2, 0) is 5.88 Å². The lowest BCUT2D eigenvalue weighted by Gasteiger charge is -2.22. The molecule has 3 rings (SSSR count). The molecule has 0 amide bonds. The first kappa shape index (κ1) is 13.3. The Labute approximate surface area is 123 Å². The fourth-order valence-electron chi connectivity index (χ4n) is 3.25. The molecule has 0 radical (unpaired) electrons. The number of halogens is 1. The van der Waals surface area contributed by atoms with Gasteiger partial charge in [-0.2, -0.15) is 11.8 Å². The lowest BCUT2D eigenvalue weighted by atomic mass is 10.2. The highest BCUT2D eigenvalue weighted by Crippen LogP contribution is 2.40. The second-order valence-electron chi connectivity index (χ2n) is 5.25. The van der Waals surface area contributed by atoms with Crippen LogP contribution >= 0.6 is 23.4 Å². The number of aryl methyl sites for hydroxylation is 1. The standard InChI is InChI=1S/C15H19ClN2S/c1-10-5-3-7-12-15(10)17-14(9-16)18(12)11-6-4-8-13(11)19-2/h3,5,7,11,13H,4,6,8-9H2,1-2H3. The molecule has 2 aromatic rings. The maximum atomic E-state index is 6.14. The fourth-order valence-corrected chi connectivity index (χ4v) is 4.41. The minimum atomic E-state index is 0.492. The van der Waals surface area contributed by atoms with Gasteiger partial charge in [-0.25, -0.2) is 4.98 Å². The first-order valence-corrected chi connectivity index (χ1v) is 8.63. The van der Waals surface area contributed by atoms with Crippen molar-refractivity contribution in [2.24, 2.45) is 0 Å². The summed E-state index contributed by atoms with van der Waals surface area (Å²) in [6.07, 6.45) is 6.07. The van der Waals surface area contributed by atoms with Crippen LogP contribution in [0.4, 0.5) is 0 Å². The normalized spacial score (nSPS) is 23.3. The van der Waals surface area contributed by atoms with Gasteiger partial charge in [0.05, 0.1) is 16.9 Å². The molecule has 2 nitrogen and oxygen atoms in total. The van der Waals surface area contributed by atoms with Crippen molar-refractivity contribution in [1.29, 1.82) is 0 Å². The highest BCUT2D eigenvalue weighted by molar-refractivity contribution is 7.99. The molecule has 19 heavy (non-hydrogen) atoms. The van der Waals surface area contributed by atoms with E-state index >= 15 is 0 Å². The minimum Gasteiger partial charge on any atom is -0.323 e. The number of alkyl halides is 1. The molecule has 0 bridgehead atoms. The number of para-hydroxylation sites is 1. The van der Waals surface area contributed by atoms with Crippen molar-refractivity contribution in [2.75, 3.05) is 6.26 Å². The molecule has 0 spiro atoms. The van der Waals surface area contributed by atoms with Gasteiger partial charge < -0.3 is 4.57 Å². The molecule has 102 valence electrons. The van der Waals surface area contributed by atoms with E-state index in [0.717, 1.165) is 11.3 Å². The van der Waals surface area contributed by atoms with Gasteiger partial charge >= 0.3 is 0 Å². The van der Waals surface area contributed by atoms with Crippen LogP contribution in [0.1, 0.15) is 36.7 Å². The van der Waals surface area contributed by atoms with E-state index in [0.29, 0.717) is 17.2 Å². The monoisotopic (exact) mass is 294 g/mol. The maximum absolute atomic E-state index is 6.14. The summed E-state index contributed by atoms with van der Waals surface area (Å²) in [4.78, 5) is 4.77. The molecule has 2 atom stereocenters. The minimum absolute atomic E-state index is 0.492. The van der Waals surface area contributed by atoms with Gasteiger partial charge in [-0.1, -0.05) is 18.6 Å². The fraction of sp³-hybridized carbons (Fsp3) is 0.533. The van der Waals surface area contributed by atoms with Crippen molar-refractivity contribution in [3.8, 4) is 0 Å². The lowest BCUT2D eigenvalue weighted by molar-refractivity contribution is 0.528. The molecule has 1 aromatic carbocycles. The number of imidazole rings is 1. The Bertz CT molecular complexity index is 593. The van der Waals surface area contributed by atoms with E-state index < -0.39 is 0 Å². The number of rotatable bonds is 3. The van der Waals surface area contributed by atoms with Crippen molar-refractivity contribution in [2.45, 2.75) is 43.4 Å². The van der Waals surface area contributed by atoms with Gasteiger partial charge in [0.25, 0.3) is 0 Å². The third kappa shape index (κ3) is 2.17. The van der Waals surface area contributed by atoms with E-state index in [1.165, 1.54) is 30.3 Å². The molecule has 1 aliphatic carbocycles. The third-order valence-corrected chi connectivity index (χ3v) is 5.56. The van der Waals surface area contributed by atoms with E-state index in [4.69, 9.17) is 16.6 Å². The Morgan fingerprint density at radius 3 is 3.00 bits per heavy atom. The number of nitrogens with zero attached hydrogens (tertiary/aromatic N) is 2. The lowest BCUT2D eigenvalue weighted by Crippen LogP contribution is -2.17. The number of hydrogen-bond acceptors (Lipinski definition) is 2. The predicted molar refractivity (Wildman–Crippen MR) is 84.2 cm³/mol. The van der Waals surface area contributed by atoms with E-state index in [-0.39, 0.29) is 0 Å². The van der Waals surface area contributed by atoms with Gasteiger partial charge in [-0.3, -0.25) is 0 Å². The van der Waals surface area contributed by atoms with Gasteiger partial charge in [0.1, 0.15) is 5.82 Å². The number of thioether (sulfide) groups is 1. The van der Waals surface area contributed by atoms with Crippen LogP contribution in [0.5, 0.6) is 0 Å². The van der Waals surface area contributed by atoms with Gasteiger partial charge in [0.2, 0.25) is 0 Å². The zero-order valence-electron chi connectivity index (χ0n) is 11.4. The second kappa shape index (κ2) is 5.37. The zero-order chi connectivity index (χ0) is 13.4. The first-order chi connectivity index (χ1) is 9.26. The number of fused-ring (bicyclic) bond motifs is 1. The van der Waals surface area contributed by atoms with Gasteiger partial charge in [0, 0.05) is 11.3 Å². The van der Waals surface area contributed by atoms with E-state index in [2.05, 4.69) is 35.9 Å². The number of hydrogen-bond donors (Lipinski definition) is 0. The molecule has 2 unspecified atom stereocenters. The van der Waals surface area contributed by atoms with Crippen molar-refractivity contribution in [3.63, 3.8) is 0 Å². The number of aromatic nitrogens is 2. The summed E-state index contributed by atoms with van der Waals surface area (Å²) in [5.41, 5.74) is 3.60. The van der Waals surface area contributed by atoms with Gasteiger partial charge in [0.15, 0.2) is 0 Å². The van der Waals surface area contributed by atoms with E-state index in [1.54, 1.807) is 0 Å². The van der Waals surface area contributed by atoms with E-state index in [9.17, 15) is 0 Å². The smallest absolute Gasteiger partial charge is 0.125 e. The quantitative estimate of drug-likeness (QED) is 0.774. The molecule has 1 fully saturated rings. The summed E-state index contributed by atoms with van der Waals surface area (Å²) in [6, 6.07) is 6.98. The molecular formula is C15H19ClN2S. The summed E-state index contributed by atoms with van der Waals surface area (Å²) < 4.78 is 2.41. The molecule has 1 aliphatic rings. The predicted octanol–water partition coefficient (Wildman–Crippen LogP) is 4.54. The van der Waals surface area contributed by atoms with Crippen molar-refractivity contribution in [3.05, 3.63) is 29.6 Å². The highest BCUT2D eigenvalue weighted by atomic mass is 35.5. The van der Waals surface area contributed by atoms with Gasteiger partial charge in [-0.05, 0) is 37.7 Å². The van der Waals surface area contributed by atoms with E-state index in [1.807, 2.05) is 11.8 Å². The summed E-state index contributed by atoms with van der Waals surface area (Å²) in [6.45, 7) is 2.12. The SMILES string of the molecule is CSC1CCCC1n1c(CCl)nc2c(C)cccc21. The number of benzene rings is 1. The topological polar surface area (TPSA) is 17.8 Å². The van der Waals surface area contributed by atoms with Crippen LogP contribution in [0.3, 0.4) is 0 Å². The van der Waals surface area contributed by atoms with Crippen molar-refractivity contribution in [1.82, 2.24) is 9.55 Å². The average molecular weight is 295 g/mol. The van der Waals surface area contributed by atoms with Crippen LogP contribution in [-0.4, -0.2) is 21.1 Å². The summed E-state index contributed by atoms with van der Waals surface area (Å²) in [5, 5.41) is 0.694. The Balaban J connectivity index is 2.18. The third-order valence-electron chi connectivity index (χ3n) is 4.17. The summed E-state index contributed by atoms with van der Waals surface area (Å²) >= 11 is 8.11. The molecule has 0 N–H and O–H groups in total. The maximum Gasteiger partial charge on any atom is 0.125 e. The van der Waals surface area contributed by atoms with Gasteiger partial charge in [-0.15, -0.1) is 11.6 Å². The first-order valence-electron chi connectivity index (χ1n) is 6.81. The summed E-state index contributed by atoms with van der Waals surface area (Å²) in [5.74, 6) is 1.52. The second-order valence-corrected chi connectivity index (χ2v) is 6.59. The summed E-state index contributed by atoms with van der Waals surface area (Å²) in [7, 11) is 0. The van der Waals surface area contributed by atoms with Crippen LogP contribution in [0.15, 0.2) is 18.2 Å². The van der Waals surface area contributed by atoms with Crippen LogP contribution < -0.4 is 0 Å². The Kier molecular flexibility index (Phi) is 3.77. The Morgan fingerprint density at radius 1 is 1.42 bits per heavy atom. The zero-order valence-corrected chi connectivity index (χ0v) is 13.0. The molecule has 1 aromatic heterocycles. The molecular weight excluding hydrogens is 276 g/mol. The molecule has 0 saturated heterocycles. The van der Waals surface area contributed by atoms with Crippen LogP contribution in [0, 0.1) is 6.92 Å². The van der Waals surface area contributed by atoms with Crippen molar-refractivity contribution >= 4 is 34.4 Å².